The van der Waals surface area contributed by atoms with Gasteiger partial charge in [-0.15, -0.1) is 11.3 Å². The van der Waals surface area contributed by atoms with Crippen molar-refractivity contribution in [1.29, 1.82) is 0 Å². The summed E-state index contributed by atoms with van der Waals surface area (Å²) in [5.41, 5.74) is 0. The molecule has 2 aromatic heterocycles. The van der Waals surface area contributed by atoms with Crippen molar-refractivity contribution in [1.82, 2.24) is 0 Å². The highest BCUT2D eigenvalue weighted by Gasteiger charge is 2.20. The summed E-state index contributed by atoms with van der Waals surface area (Å²) in [4.78, 5) is 12.6. The van der Waals surface area contributed by atoms with Crippen LogP contribution in [0.3, 0.4) is 0 Å². The van der Waals surface area contributed by atoms with Gasteiger partial charge in [0.15, 0.2) is 11.5 Å². The zero-order valence-corrected chi connectivity index (χ0v) is 17.9. The fourth-order valence-corrected chi connectivity index (χ4v) is 3.95. The van der Waals surface area contributed by atoms with Crippen molar-refractivity contribution in [3.05, 3.63) is 77.2 Å². The number of halogens is 5. The molecule has 0 radical (unpaired) electrons. The smallest absolute Gasteiger partial charge is 0.195 e. The molecule has 3 nitrogen and oxygen atoms in total. The number of furan rings is 1. The maximum Gasteiger partial charge on any atom is 0.195 e. The third kappa shape index (κ3) is 4.65. The van der Waals surface area contributed by atoms with Crippen LogP contribution in [-0.2, 0) is 6.61 Å². The molecule has 2 heterocycles. The Morgan fingerprint density at radius 2 is 1.67 bits per heavy atom. The van der Waals surface area contributed by atoms with Gasteiger partial charge in [0, 0.05) is 0 Å². The molecule has 1 aromatic carbocycles. The van der Waals surface area contributed by atoms with Crippen LogP contribution in [0.15, 0.2) is 40.1 Å². The first-order chi connectivity index (χ1) is 12.9. The van der Waals surface area contributed by atoms with E-state index in [-0.39, 0.29) is 43.3 Å². The van der Waals surface area contributed by atoms with Gasteiger partial charge in [-0.25, -0.2) is 0 Å². The van der Waals surface area contributed by atoms with E-state index in [0.717, 1.165) is 0 Å². The van der Waals surface area contributed by atoms with Crippen molar-refractivity contribution in [3.8, 4) is 5.75 Å². The Morgan fingerprint density at radius 1 is 1.00 bits per heavy atom. The first-order valence-electron chi connectivity index (χ1n) is 7.37. The topological polar surface area (TPSA) is 39.4 Å². The Labute approximate surface area is 184 Å². The van der Waals surface area contributed by atoms with Crippen LogP contribution in [0.4, 0.5) is 0 Å². The van der Waals surface area contributed by atoms with Crippen LogP contribution in [0.25, 0.3) is 6.08 Å². The molecule has 0 aliphatic rings. The van der Waals surface area contributed by atoms with Crippen LogP contribution in [0, 0.1) is 0 Å². The van der Waals surface area contributed by atoms with E-state index in [1.54, 1.807) is 24.3 Å². The van der Waals surface area contributed by atoms with Gasteiger partial charge in [-0.3, -0.25) is 4.79 Å². The minimum absolute atomic E-state index is 0.0282. The van der Waals surface area contributed by atoms with Gasteiger partial charge in [0.05, 0.1) is 19.9 Å². The van der Waals surface area contributed by atoms with Gasteiger partial charge in [-0.2, -0.15) is 0 Å². The van der Waals surface area contributed by atoms with Gasteiger partial charge < -0.3 is 9.15 Å². The third-order valence-corrected chi connectivity index (χ3v) is 6.50. The Kier molecular flexibility index (Phi) is 6.79. The molecule has 3 aromatic rings. The number of hydrogen-bond donors (Lipinski definition) is 0. The number of ketones is 1. The zero-order valence-electron chi connectivity index (χ0n) is 13.3. The summed E-state index contributed by atoms with van der Waals surface area (Å²) in [6.07, 6.45) is 3.03. The zero-order chi connectivity index (χ0) is 19.6. The van der Waals surface area contributed by atoms with Crippen molar-refractivity contribution in [2.45, 2.75) is 6.61 Å². The molecule has 0 unspecified atom stereocenters. The lowest BCUT2D eigenvalue weighted by Crippen LogP contribution is -1.96. The molecule has 0 saturated heterocycles. The number of ether oxygens (including phenoxy) is 1. The van der Waals surface area contributed by atoms with Crippen LogP contribution in [-0.4, -0.2) is 5.78 Å². The van der Waals surface area contributed by atoms with E-state index in [1.807, 2.05) is 11.4 Å². The van der Waals surface area contributed by atoms with Crippen LogP contribution >= 0.6 is 69.3 Å². The number of carbonyl (C=O) groups excluding carboxylic acids is 1. The highest BCUT2D eigenvalue weighted by Crippen LogP contribution is 2.48. The first-order valence-corrected chi connectivity index (χ1v) is 10.1. The maximum atomic E-state index is 12.0. The Morgan fingerprint density at radius 3 is 2.30 bits per heavy atom. The van der Waals surface area contributed by atoms with E-state index in [9.17, 15) is 4.79 Å². The van der Waals surface area contributed by atoms with E-state index in [2.05, 4.69) is 0 Å². The normalized spacial score (nSPS) is 11.3. The molecule has 0 bridgehead atoms. The molecule has 0 N–H and O–H groups in total. The Balaban J connectivity index is 1.70. The lowest BCUT2D eigenvalue weighted by atomic mass is 10.3. The fourth-order valence-electron chi connectivity index (χ4n) is 2.08. The molecule has 9 heteroatoms. The fraction of sp³-hybridized carbons (Fsp3) is 0.0556. The molecule has 0 saturated carbocycles. The van der Waals surface area contributed by atoms with Crippen LogP contribution in [0.5, 0.6) is 5.75 Å². The standard InChI is InChI=1S/C18H9Cl5O3S/c19-13-14(20)16(22)18(17(23)15(13)21)25-8-10-4-3-9(26-10)5-6-11(24)12-2-1-7-27-12/h1-7H,8H2/b6-5+. The summed E-state index contributed by atoms with van der Waals surface area (Å²) < 4.78 is 11.2. The van der Waals surface area contributed by atoms with Gasteiger partial charge in [0.25, 0.3) is 0 Å². The predicted octanol–water partition coefficient (Wildman–Crippen LogP) is 8.08. The van der Waals surface area contributed by atoms with Gasteiger partial charge in [-0.05, 0) is 35.7 Å². The molecule has 3 rings (SSSR count). The second-order valence-corrected chi connectivity index (χ2v) is 8.00. The second kappa shape index (κ2) is 8.91. The van der Waals surface area contributed by atoms with Crippen molar-refractivity contribution >= 4 is 81.2 Å². The largest absolute Gasteiger partial charge is 0.482 e. The molecule has 0 amide bonds. The average Bonchev–Trinajstić information content (AvgIpc) is 3.35. The van der Waals surface area contributed by atoms with Crippen molar-refractivity contribution in [2.75, 3.05) is 0 Å². The van der Waals surface area contributed by atoms with E-state index in [4.69, 9.17) is 67.2 Å². The summed E-state index contributed by atoms with van der Waals surface area (Å²) in [7, 11) is 0. The predicted molar refractivity (Wildman–Crippen MR) is 112 cm³/mol. The number of hydrogen-bond acceptors (Lipinski definition) is 4. The molecular weight excluding hydrogens is 474 g/mol. The SMILES string of the molecule is O=C(/C=C/c1ccc(COc2c(Cl)c(Cl)c(Cl)c(Cl)c2Cl)o1)c1cccs1. The molecule has 0 fully saturated rings. The van der Waals surface area contributed by atoms with Crippen molar-refractivity contribution in [2.24, 2.45) is 0 Å². The number of carbonyl (C=O) groups is 1. The average molecular weight is 483 g/mol. The van der Waals surface area contributed by atoms with Gasteiger partial charge in [0.2, 0.25) is 0 Å². The maximum absolute atomic E-state index is 12.0. The van der Waals surface area contributed by atoms with Crippen LogP contribution in [0.2, 0.25) is 25.1 Å². The molecule has 0 atom stereocenters. The Hall–Kier alpha value is -1.14. The number of benzene rings is 1. The van der Waals surface area contributed by atoms with Crippen LogP contribution in [0.1, 0.15) is 21.2 Å². The molecule has 140 valence electrons. The third-order valence-electron chi connectivity index (χ3n) is 3.37. The molecular formula is C18H9Cl5O3S. The minimum Gasteiger partial charge on any atom is -0.482 e. The lowest BCUT2D eigenvalue weighted by Gasteiger charge is -2.12. The number of allylic oxidation sites excluding steroid dienone is 1. The molecule has 0 aliphatic heterocycles. The van der Waals surface area contributed by atoms with E-state index >= 15 is 0 Å². The van der Waals surface area contributed by atoms with Crippen LogP contribution < -0.4 is 4.74 Å². The summed E-state index contributed by atoms with van der Waals surface area (Å²) in [6.45, 7) is 0.0282. The molecule has 0 spiro atoms. The quantitative estimate of drug-likeness (QED) is 0.154. The molecule has 0 aliphatic carbocycles. The Bertz CT molecular complexity index is 979. The van der Waals surface area contributed by atoms with Gasteiger partial charge in [0.1, 0.15) is 28.2 Å². The van der Waals surface area contributed by atoms with E-state index in [0.29, 0.717) is 16.4 Å². The van der Waals surface area contributed by atoms with E-state index in [1.165, 1.54) is 17.4 Å². The number of rotatable bonds is 6. The van der Waals surface area contributed by atoms with Crippen molar-refractivity contribution < 1.29 is 13.9 Å². The van der Waals surface area contributed by atoms with E-state index < -0.39 is 0 Å². The van der Waals surface area contributed by atoms with Gasteiger partial charge >= 0.3 is 0 Å². The van der Waals surface area contributed by atoms with Gasteiger partial charge in [-0.1, -0.05) is 64.1 Å². The highest BCUT2D eigenvalue weighted by molar-refractivity contribution is 7.12. The number of thiophene rings is 1. The van der Waals surface area contributed by atoms with Crippen molar-refractivity contribution in [3.63, 3.8) is 0 Å². The summed E-state index contributed by atoms with van der Waals surface area (Å²) in [5.74, 6) is 1.01. The highest BCUT2D eigenvalue weighted by atomic mass is 35.5. The minimum atomic E-state index is -0.0942. The monoisotopic (exact) mass is 480 g/mol. The summed E-state index contributed by atoms with van der Waals surface area (Å²) in [6, 6.07) is 6.99. The lowest BCUT2D eigenvalue weighted by molar-refractivity contribution is 0.105. The first kappa shape index (κ1) is 20.6. The second-order valence-electron chi connectivity index (χ2n) is 5.17. The summed E-state index contributed by atoms with van der Waals surface area (Å²) in [5, 5.41) is 2.13. The molecule has 27 heavy (non-hydrogen) atoms. The summed E-state index contributed by atoms with van der Waals surface area (Å²) >= 11 is 31.6.